The minimum atomic E-state index is -0.281. The largest absolute Gasteiger partial charge is 0.372 e. The predicted molar refractivity (Wildman–Crippen MR) is 113 cm³/mol. The average molecular weight is 419 g/mol. The average Bonchev–Trinajstić information content (AvgIpc) is 2.63. The Labute approximate surface area is 175 Å². The van der Waals surface area contributed by atoms with Gasteiger partial charge in [-0.25, -0.2) is 14.4 Å². The van der Waals surface area contributed by atoms with Crippen LogP contribution in [-0.2, 0) is 16.1 Å². The van der Waals surface area contributed by atoms with E-state index >= 15 is 0 Å². The molecule has 1 aliphatic rings. The first-order valence-corrected chi connectivity index (χ1v) is 10.7. The van der Waals surface area contributed by atoms with E-state index in [9.17, 15) is 9.18 Å². The minimum Gasteiger partial charge on any atom is -0.372 e. The van der Waals surface area contributed by atoms with Crippen molar-refractivity contribution < 1.29 is 13.9 Å². The molecule has 1 aromatic carbocycles. The number of anilines is 1. The van der Waals surface area contributed by atoms with Crippen molar-refractivity contribution in [2.75, 3.05) is 23.7 Å². The number of carbonyl (C=O) groups is 1. The maximum Gasteiger partial charge on any atom is 0.230 e. The van der Waals surface area contributed by atoms with Crippen LogP contribution in [0.2, 0.25) is 0 Å². The summed E-state index contributed by atoms with van der Waals surface area (Å²) >= 11 is 1.29. The van der Waals surface area contributed by atoms with Gasteiger partial charge in [-0.3, -0.25) is 4.79 Å². The highest BCUT2D eigenvalue weighted by molar-refractivity contribution is 7.99. The second-order valence-corrected chi connectivity index (χ2v) is 8.39. The molecule has 6 nitrogen and oxygen atoms in total. The van der Waals surface area contributed by atoms with Gasteiger partial charge in [-0.2, -0.15) is 0 Å². The van der Waals surface area contributed by atoms with Gasteiger partial charge in [0.2, 0.25) is 5.91 Å². The summed E-state index contributed by atoms with van der Waals surface area (Å²) in [5.41, 5.74) is 3.05. The van der Waals surface area contributed by atoms with Crippen molar-refractivity contribution in [1.29, 1.82) is 0 Å². The minimum absolute atomic E-state index is 0.0655. The molecule has 1 saturated heterocycles. The van der Waals surface area contributed by atoms with Gasteiger partial charge in [-0.15, -0.1) is 0 Å². The van der Waals surface area contributed by atoms with Gasteiger partial charge in [0.1, 0.15) is 5.82 Å². The fourth-order valence-corrected chi connectivity index (χ4v) is 4.21. The summed E-state index contributed by atoms with van der Waals surface area (Å²) in [5.74, 6) is -0.207. The van der Waals surface area contributed by atoms with Crippen molar-refractivity contribution in [3.05, 3.63) is 47.0 Å². The highest BCUT2D eigenvalue weighted by Gasteiger charge is 2.24. The van der Waals surface area contributed by atoms with E-state index in [-0.39, 0.29) is 36.2 Å². The lowest BCUT2D eigenvalue weighted by atomic mass is 10.1. The number of morpholine rings is 1. The summed E-state index contributed by atoms with van der Waals surface area (Å²) in [6.45, 7) is 9.38. The van der Waals surface area contributed by atoms with Crippen molar-refractivity contribution >= 4 is 23.4 Å². The van der Waals surface area contributed by atoms with Crippen LogP contribution in [0.25, 0.3) is 0 Å². The molecule has 0 radical (unpaired) electrons. The van der Waals surface area contributed by atoms with E-state index < -0.39 is 0 Å². The predicted octanol–water partition coefficient (Wildman–Crippen LogP) is 3.25. The molecule has 1 amide bonds. The van der Waals surface area contributed by atoms with Crippen LogP contribution in [0.5, 0.6) is 0 Å². The molecule has 2 atom stereocenters. The fourth-order valence-electron chi connectivity index (χ4n) is 3.43. The van der Waals surface area contributed by atoms with Crippen LogP contribution in [0.3, 0.4) is 0 Å². The smallest absolute Gasteiger partial charge is 0.230 e. The molecule has 1 aliphatic heterocycles. The molecular weight excluding hydrogens is 391 g/mol. The zero-order chi connectivity index (χ0) is 21.0. The van der Waals surface area contributed by atoms with E-state index in [4.69, 9.17) is 4.74 Å². The van der Waals surface area contributed by atoms with Crippen LogP contribution in [0, 0.1) is 19.7 Å². The Bertz CT molecular complexity index is 850. The zero-order valence-electron chi connectivity index (χ0n) is 17.2. The van der Waals surface area contributed by atoms with Gasteiger partial charge in [-0.05, 0) is 51.5 Å². The molecule has 1 aromatic heterocycles. The number of nitrogens with zero attached hydrogens (tertiary/aromatic N) is 3. The van der Waals surface area contributed by atoms with Gasteiger partial charge >= 0.3 is 0 Å². The van der Waals surface area contributed by atoms with Gasteiger partial charge in [-0.1, -0.05) is 17.8 Å². The third kappa shape index (κ3) is 6.14. The third-order valence-corrected chi connectivity index (χ3v) is 5.40. The Kier molecular flexibility index (Phi) is 7.08. The lowest BCUT2D eigenvalue weighted by molar-refractivity contribution is -0.118. The molecule has 0 aliphatic carbocycles. The standard InChI is InChI=1S/C21H27FN4O2S/c1-13-7-14(2)25-21(24-13)29-12-20(27)23-9-17-5-6-19(18(22)8-17)26-10-15(3)28-16(4)11-26/h5-8,15-16H,9-12H2,1-4H3,(H,23,27). The van der Waals surface area contributed by atoms with E-state index in [2.05, 4.69) is 15.3 Å². The molecule has 0 spiro atoms. The summed E-state index contributed by atoms with van der Waals surface area (Å²) in [5, 5.41) is 3.41. The number of carbonyl (C=O) groups excluding carboxylic acids is 1. The summed E-state index contributed by atoms with van der Waals surface area (Å²) in [4.78, 5) is 22.8. The number of thioether (sulfide) groups is 1. The molecule has 8 heteroatoms. The molecule has 0 bridgehead atoms. The summed E-state index contributed by atoms with van der Waals surface area (Å²) in [7, 11) is 0. The molecule has 1 N–H and O–H groups in total. The highest BCUT2D eigenvalue weighted by Crippen LogP contribution is 2.24. The van der Waals surface area contributed by atoms with Gasteiger partial charge in [0.25, 0.3) is 0 Å². The van der Waals surface area contributed by atoms with Crippen LogP contribution in [0.1, 0.15) is 30.8 Å². The first-order valence-electron chi connectivity index (χ1n) is 9.71. The van der Waals surface area contributed by atoms with Gasteiger partial charge < -0.3 is 15.0 Å². The number of benzene rings is 1. The van der Waals surface area contributed by atoms with Gasteiger partial charge in [0, 0.05) is 31.0 Å². The molecule has 29 heavy (non-hydrogen) atoms. The first kappa shape index (κ1) is 21.5. The number of halogens is 1. The van der Waals surface area contributed by atoms with Gasteiger partial charge in [0.05, 0.1) is 23.6 Å². The lowest BCUT2D eigenvalue weighted by Crippen LogP contribution is -2.45. The highest BCUT2D eigenvalue weighted by atomic mass is 32.2. The number of hydrogen-bond donors (Lipinski definition) is 1. The topological polar surface area (TPSA) is 67.4 Å². The summed E-state index contributed by atoms with van der Waals surface area (Å²) < 4.78 is 20.4. The van der Waals surface area contributed by atoms with E-state index in [1.807, 2.05) is 44.7 Å². The van der Waals surface area contributed by atoms with Crippen molar-refractivity contribution in [2.45, 2.75) is 51.6 Å². The van der Waals surface area contributed by atoms with Crippen molar-refractivity contribution in [2.24, 2.45) is 0 Å². The number of hydrogen-bond acceptors (Lipinski definition) is 6. The number of amides is 1. The number of ether oxygens (including phenoxy) is 1. The van der Waals surface area contributed by atoms with Crippen LogP contribution < -0.4 is 10.2 Å². The third-order valence-electron chi connectivity index (χ3n) is 4.56. The summed E-state index contributed by atoms with van der Waals surface area (Å²) in [6, 6.07) is 7.00. The monoisotopic (exact) mass is 418 g/mol. The van der Waals surface area contributed by atoms with E-state index in [0.29, 0.717) is 23.9 Å². The normalized spacial score (nSPS) is 19.3. The maximum atomic E-state index is 14.6. The van der Waals surface area contributed by atoms with Crippen molar-refractivity contribution in [3.63, 3.8) is 0 Å². The van der Waals surface area contributed by atoms with Crippen LogP contribution in [0.4, 0.5) is 10.1 Å². The molecule has 0 saturated carbocycles. The zero-order valence-corrected chi connectivity index (χ0v) is 18.1. The van der Waals surface area contributed by atoms with Crippen molar-refractivity contribution in [3.8, 4) is 0 Å². The number of rotatable bonds is 6. The maximum absolute atomic E-state index is 14.6. The molecule has 3 rings (SSSR count). The second-order valence-electron chi connectivity index (χ2n) is 7.45. The summed E-state index contributed by atoms with van der Waals surface area (Å²) in [6.07, 6.45) is 0.131. The molecular formula is C21H27FN4O2S. The molecule has 1 fully saturated rings. The van der Waals surface area contributed by atoms with Crippen LogP contribution >= 0.6 is 11.8 Å². The first-order chi connectivity index (χ1) is 13.8. The Hall–Kier alpha value is -2.19. The Morgan fingerprint density at radius 3 is 2.48 bits per heavy atom. The fraction of sp³-hybridized carbons (Fsp3) is 0.476. The Morgan fingerprint density at radius 1 is 1.21 bits per heavy atom. The molecule has 156 valence electrons. The van der Waals surface area contributed by atoms with Crippen LogP contribution in [-0.4, -0.2) is 46.9 Å². The SMILES string of the molecule is Cc1cc(C)nc(SCC(=O)NCc2ccc(N3CC(C)OC(C)C3)c(F)c2)n1. The number of aryl methyl sites for hydroxylation is 2. The molecule has 2 heterocycles. The van der Waals surface area contributed by atoms with E-state index in [0.717, 1.165) is 17.0 Å². The van der Waals surface area contributed by atoms with Gasteiger partial charge in [0.15, 0.2) is 5.16 Å². The van der Waals surface area contributed by atoms with Crippen LogP contribution in [0.15, 0.2) is 29.4 Å². The Balaban J connectivity index is 1.52. The van der Waals surface area contributed by atoms with E-state index in [1.54, 1.807) is 6.07 Å². The van der Waals surface area contributed by atoms with Crippen molar-refractivity contribution in [1.82, 2.24) is 15.3 Å². The van der Waals surface area contributed by atoms with E-state index in [1.165, 1.54) is 17.8 Å². The Morgan fingerprint density at radius 2 is 1.86 bits per heavy atom. The number of nitrogens with one attached hydrogen (secondary N) is 1. The number of aromatic nitrogens is 2. The molecule has 2 unspecified atom stereocenters. The molecule has 2 aromatic rings. The lowest BCUT2D eigenvalue weighted by Gasteiger charge is -2.37. The quantitative estimate of drug-likeness (QED) is 0.574. The second kappa shape index (κ2) is 9.54.